The predicted molar refractivity (Wildman–Crippen MR) is 142 cm³/mol. The van der Waals surface area contributed by atoms with E-state index < -0.39 is 0 Å². The van der Waals surface area contributed by atoms with Crippen LogP contribution in [0.4, 0.5) is 11.6 Å². The fraction of sp³-hybridized carbons (Fsp3) is 0.179. The lowest BCUT2D eigenvalue weighted by atomic mass is 10.1. The molecule has 0 unspecified atom stereocenters. The normalized spacial score (nSPS) is 10.9. The molecule has 0 saturated heterocycles. The van der Waals surface area contributed by atoms with Crippen LogP contribution in [0.5, 0.6) is 23.0 Å². The Morgan fingerprint density at radius 1 is 0.750 bits per heavy atom. The number of aromatic hydroxyl groups is 1. The zero-order chi connectivity index (χ0) is 25.7. The Bertz CT molecular complexity index is 1340. The van der Waals surface area contributed by atoms with Crippen molar-refractivity contribution in [2.45, 2.75) is 0 Å². The topological polar surface area (TPSA) is 89.3 Å². The maximum absolute atomic E-state index is 9.71. The molecule has 4 rings (SSSR count). The van der Waals surface area contributed by atoms with E-state index in [9.17, 15) is 5.11 Å². The number of aromatic nitrogens is 2. The summed E-state index contributed by atoms with van der Waals surface area (Å²) < 4.78 is 16.3. The van der Waals surface area contributed by atoms with Crippen LogP contribution in [-0.4, -0.2) is 56.7 Å². The highest BCUT2D eigenvalue weighted by Crippen LogP contribution is 2.38. The molecule has 0 aliphatic rings. The summed E-state index contributed by atoms with van der Waals surface area (Å²) in [4.78, 5) is 16.0. The van der Waals surface area contributed by atoms with E-state index in [-0.39, 0.29) is 5.75 Å². The monoisotopic (exact) mass is 484 g/mol. The molecule has 0 atom stereocenters. The second-order valence-corrected chi connectivity index (χ2v) is 8.14. The molecule has 36 heavy (non-hydrogen) atoms. The number of benzene rings is 3. The number of aliphatic imine (C=N–C) groups is 1. The van der Waals surface area contributed by atoms with Crippen LogP contribution in [0.1, 0.15) is 5.56 Å². The highest BCUT2D eigenvalue weighted by atomic mass is 16.5. The molecule has 184 valence electrons. The lowest BCUT2D eigenvalue weighted by Gasteiger charge is -2.13. The van der Waals surface area contributed by atoms with E-state index in [0.717, 1.165) is 28.1 Å². The lowest BCUT2D eigenvalue weighted by Crippen LogP contribution is -2.07. The molecule has 1 N–H and O–H groups in total. The first-order chi connectivity index (χ1) is 17.4. The van der Waals surface area contributed by atoms with Gasteiger partial charge in [0.05, 0.1) is 32.7 Å². The average Bonchev–Trinajstić information content (AvgIpc) is 2.91. The number of phenolic OH excluding ortho intramolecular Hbond substituents is 1. The van der Waals surface area contributed by atoms with Crippen LogP contribution < -0.4 is 19.1 Å². The molecule has 0 bridgehead atoms. The van der Waals surface area contributed by atoms with Gasteiger partial charge in [0.15, 0.2) is 11.5 Å². The highest BCUT2D eigenvalue weighted by Gasteiger charge is 2.13. The fourth-order valence-corrected chi connectivity index (χ4v) is 3.66. The summed E-state index contributed by atoms with van der Waals surface area (Å²) in [5, 5.41) is 9.71. The SMILES string of the molecule is COc1cc(/C=N/c2nc(-c3ccc(O)cc3)cc(-c3ccc(N(C)C)cc3)n2)cc(OC)c1OC. The van der Waals surface area contributed by atoms with Gasteiger partial charge in [-0.3, -0.25) is 0 Å². The van der Waals surface area contributed by atoms with Crippen LogP contribution in [0.15, 0.2) is 71.7 Å². The van der Waals surface area contributed by atoms with Crippen LogP contribution in [0.25, 0.3) is 22.5 Å². The average molecular weight is 485 g/mol. The van der Waals surface area contributed by atoms with Gasteiger partial charge in [0.2, 0.25) is 11.7 Å². The summed E-state index contributed by atoms with van der Waals surface area (Å²) in [6.45, 7) is 0. The molecule has 0 spiro atoms. The Balaban J connectivity index is 1.78. The van der Waals surface area contributed by atoms with Gasteiger partial charge in [0.1, 0.15) is 5.75 Å². The van der Waals surface area contributed by atoms with Crippen molar-refractivity contribution in [3.63, 3.8) is 0 Å². The summed E-state index contributed by atoms with van der Waals surface area (Å²) in [6, 6.07) is 20.5. The number of ether oxygens (including phenoxy) is 3. The molecule has 0 fully saturated rings. The van der Waals surface area contributed by atoms with Crippen molar-refractivity contribution in [3.05, 3.63) is 72.3 Å². The second-order valence-electron chi connectivity index (χ2n) is 8.14. The largest absolute Gasteiger partial charge is 0.508 e. The molecule has 0 radical (unpaired) electrons. The van der Waals surface area contributed by atoms with Crippen LogP contribution in [0.3, 0.4) is 0 Å². The van der Waals surface area contributed by atoms with Crippen molar-refractivity contribution >= 4 is 17.9 Å². The van der Waals surface area contributed by atoms with E-state index >= 15 is 0 Å². The molecule has 1 aromatic heterocycles. The maximum Gasteiger partial charge on any atom is 0.250 e. The Kier molecular flexibility index (Phi) is 7.34. The minimum Gasteiger partial charge on any atom is -0.508 e. The first-order valence-electron chi connectivity index (χ1n) is 11.2. The van der Waals surface area contributed by atoms with Crippen molar-refractivity contribution < 1.29 is 19.3 Å². The quantitative estimate of drug-likeness (QED) is 0.337. The summed E-state index contributed by atoms with van der Waals surface area (Å²) in [5.41, 5.74) is 5.02. The van der Waals surface area contributed by atoms with Gasteiger partial charge in [-0.05, 0) is 54.6 Å². The summed E-state index contributed by atoms with van der Waals surface area (Å²) in [7, 11) is 8.69. The smallest absolute Gasteiger partial charge is 0.250 e. The Hall–Kier alpha value is -4.59. The Morgan fingerprint density at radius 2 is 1.28 bits per heavy atom. The van der Waals surface area contributed by atoms with Gasteiger partial charge in [-0.1, -0.05) is 12.1 Å². The Morgan fingerprint density at radius 3 is 1.75 bits per heavy atom. The van der Waals surface area contributed by atoms with Gasteiger partial charge in [-0.15, -0.1) is 0 Å². The van der Waals surface area contributed by atoms with Crippen LogP contribution in [0.2, 0.25) is 0 Å². The molecule has 1 heterocycles. The number of methoxy groups -OCH3 is 3. The number of rotatable bonds is 8. The Labute approximate surface area is 210 Å². The van der Waals surface area contributed by atoms with Crippen molar-refractivity contribution in [1.82, 2.24) is 9.97 Å². The van der Waals surface area contributed by atoms with Crippen molar-refractivity contribution in [1.29, 1.82) is 0 Å². The van der Waals surface area contributed by atoms with Gasteiger partial charge in [0.25, 0.3) is 0 Å². The van der Waals surface area contributed by atoms with Gasteiger partial charge in [-0.2, -0.15) is 0 Å². The van der Waals surface area contributed by atoms with Gasteiger partial charge < -0.3 is 24.2 Å². The van der Waals surface area contributed by atoms with E-state index in [4.69, 9.17) is 19.2 Å². The van der Waals surface area contributed by atoms with Crippen LogP contribution >= 0.6 is 0 Å². The first-order valence-corrected chi connectivity index (χ1v) is 11.2. The molecule has 0 amide bonds. The zero-order valence-electron chi connectivity index (χ0n) is 20.9. The molecule has 0 aliphatic heterocycles. The summed E-state index contributed by atoms with van der Waals surface area (Å²) >= 11 is 0. The summed E-state index contributed by atoms with van der Waals surface area (Å²) in [5.74, 6) is 2.04. The first kappa shape index (κ1) is 24.5. The van der Waals surface area contributed by atoms with Gasteiger partial charge in [0, 0.05) is 42.7 Å². The van der Waals surface area contributed by atoms with E-state index in [1.54, 1.807) is 51.8 Å². The standard InChI is InChI=1S/C28H28N4O4/c1-32(2)21-10-6-19(7-11-21)23-16-24(20-8-12-22(33)13-9-20)31-28(30-23)29-17-18-14-25(34-3)27(36-5)26(15-18)35-4/h6-17,33H,1-5H3/b29-17+. The maximum atomic E-state index is 9.71. The van der Waals surface area contributed by atoms with Gasteiger partial charge >= 0.3 is 0 Å². The number of anilines is 1. The van der Waals surface area contributed by atoms with Crippen molar-refractivity contribution in [2.75, 3.05) is 40.3 Å². The second kappa shape index (κ2) is 10.8. The van der Waals surface area contributed by atoms with Crippen LogP contribution in [-0.2, 0) is 0 Å². The molecular weight excluding hydrogens is 456 g/mol. The molecule has 3 aromatic carbocycles. The minimum atomic E-state index is 0.188. The highest BCUT2D eigenvalue weighted by molar-refractivity contribution is 5.84. The summed E-state index contributed by atoms with van der Waals surface area (Å²) in [6.07, 6.45) is 1.65. The zero-order valence-corrected chi connectivity index (χ0v) is 20.9. The molecule has 8 heteroatoms. The number of nitrogens with zero attached hydrogens (tertiary/aromatic N) is 4. The van der Waals surface area contributed by atoms with E-state index in [2.05, 4.69) is 9.98 Å². The predicted octanol–water partition coefficient (Wildman–Crippen LogP) is 5.36. The van der Waals surface area contributed by atoms with E-state index in [0.29, 0.717) is 28.9 Å². The third-order valence-electron chi connectivity index (χ3n) is 5.57. The van der Waals surface area contributed by atoms with Gasteiger partial charge in [-0.25, -0.2) is 15.0 Å². The molecular formula is C28H28N4O4. The van der Waals surface area contributed by atoms with E-state index in [1.165, 1.54) is 0 Å². The lowest BCUT2D eigenvalue weighted by molar-refractivity contribution is 0.324. The van der Waals surface area contributed by atoms with Crippen molar-refractivity contribution in [3.8, 4) is 45.5 Å². The molecule has 0 saturated carbocycles. The molecule has 0 aliphatic carbocycles. The minimum absolute atomic E-state index is 0.188. The number of phenols is 1. The van der Waals surface area contributed by atoms with E-state index in [1.807, 2.05) is 61.5 Å². The number of hydrogen-bond donors (Lipinski definition) is 1. The van der Waals surface area contributed by atoms with Crippen molar-refractivity contribution in [2.24, 2.45) is 4.99 Å². The third-order valence-corrected chi connectivity index (χ3v) is 5.57. The molecule has 4 aromatic rings. The number of hydrogen-bond acceptors (Lipinski definition) is 8. The fourth-order valence-electron chi connectivity index (χ4n) is 3.66. The van der Waals surface area contributed by atoms with Crippen LogP contribution in [0, 0.1) is 0 Å². The third kappa shape index (κ3) is 5.38. The molecule has 8 nitrogen and oxygen atoms in total.